The zero-order chi connectivity index (χ0) is 15.5. The minimum atomic E-state index is -4.31. The Morgan fingerprint density at radius 2 is 1.86 bits per heavy atom. The van der Waals surface area contributed by atoms with Crippen LogP contribution in [0.15, 0.2) is 40.8 Å². The highest BCUT2D eigenvalue weighted by molar-refractivity contribution is 5.27. The van der Waals surface area contributed by atoms with Gasteiger partial charge >= 0.3 is 6.18 Å². The SMILES string of the molecule is CCc1ccc(CNC(C)c2cccc(C(F)(F)F)c2)o1. The van der Waals surface area contributed by atoms with Crippen LogP contribution in [0.4, 0.5) is 13.2 Å². The average Bonchev–Trinajstić information content (AvgIpc) is 2.92. The van der Waals surface area contributed by atoms with Gasteiger partial charge in [0.2, 0.25) is 0 Å². The summed E-state index contributed by atoms with van der Waals surface area (Å²) in [6.07, 6.45) is -3.49. The molecule has 2 rings (SSSR count). The highest BCUT2D eigenvalue weighted by Crippen LogP contribution is 2.30. The molecule has 114 valence electrons. The van der Waals surface area contributed by atoms with Crippen LogP contribution in [-0.4, -0.2) is 0 Å². The molecule has 2 aromatic rings. The van der Waals surface area contributed by atoms with E-state index in [1.54, 1.807) is 6.07 Å². The Bertz CT molecular complexity index is 589. The Hall–Kier alpha value is -1.75. The van der Waals surface area contributed by atoms with Crippen LogP contribution in [0.2, 0.25) is 0 Å². The van der Waals surface area contributed by atoms with Crippen molar-refractivity contribution in [2.75, 3.05) is 0 Å². The van der Waals surface area contributed by atoms with Crippen molar-refractivity contribution in [3.63, 3.8) is 0 Å². The smallest absolute Gasteiger partial charge is 0.416 e. The third kappa shape index (κ3) is 4.11. The first-order valence-corrected chi connectivity index (χ1v) is 6.88. The third-order valence-electron chi connectivity index (χ3n) is 3.36. The van der Waals surface area contributed by atoms with Gasteiger partial charge in [-0.25, -0.2) is 0 Å². The summed E-state index contributed by atoms with van der Waals surface area (Å²) in [5, 5.41) is 3.17. The summed E-state index contributed by atoms with van der Waals surface area (Å²) in [5.41, 5.74) is -0.0213. The van der Waals surface area contributed by atoms with Crippen LogP contribution < -0.4 is 5.32 Å². The summed E-state index contributed by atoms with van der Waals surface area (Å²) < 4.78 is 43.6. The largest absolute Gasteiger partial charge is 0.465 e. The molecule has 2 nitrogen and oxygen atoms in total. The van der Waals surface area contributed by atoms with Crippen LogP contribution in [-0.2, 0) is 19.1 Å². The maximum Gasteiger partial charge on any atom is 0.416 e. The molecule has 0 spiro atoms. The van der Waals surface area contributed by atoms with E-state index < -0.39 is 11.7 Å². The summed E-state index contributed by atoms with van der Waals surface area (Å²) >= 11 is 0. The molecule has 0 bridgehead atoms. The van der Waals surface area contributed by atoms with Gasteiger partial charge in [-0.2, -0.15) is 13.2 Å². The lowest BCUT2D eigenvalue weighted by atomic mass is 10.0. The number of hydrogen-bond acceptors (Lipinski definition) is 2. The number of furan rings is 1. The van der Waals surface area contributed by atoms with Gasteiger partial charge in [-0.05, 0) is 36.8 Å². The second kappa shape index (κ2) is 6.35. The molecule has 0 radical (unpaired) electrons. The van der Waals surface area contributed by atoms with Gasteiger partial charge in [0.25, 0.3) is 0 Å². The molecule has 1 aromatic heterocycles. The van der Waals surface area contributed by atoms with Gasteiger partial charge in [0.15, 0.2) is 0 Å². The van der Waals surface area contributed by atoms with Gasteiger partial charge < -0.3 is 9.73 Å². The van der Waals surface area contributed by atoms with Crippen molar-refractivity contribution in [1.82, 2.24) is 5.32 Å². The first-order valence-electron chi connectivity index (χ1n) is 6.88. The molecule has 1 aromatic carbocycles. The van der Waals surface area contributed by atoms with E-state index in [0.29, 0.717) is 12.1 Å². The highest BCUT2D eigenvalue weighted by Gasteiger charge is 2.30. The van der Waals surface area contributed by atoms with E-state index in [9.17, 15) is 13.2 Å². The lowest BCUT2D eigenvalue weighted by Crippen LogP contribution is -2.18. The van der Waals surface area contributed by atoms with Crippen LogP contribution in [0, 0.1) is 0 Å². The van der Waals surface area contributed by atoms with Crippen molar-refractivity contribution in [2.24, 2.45) is 0 Å². The van der Waals surface area contributed by atoms with Crippen molar-refractivity contribution in [3.8, 4) is 0 Å². The third-order valence-corrected chi connectivity index (χ3v) is 3.36. The van der Waals surface area contributed by atoms with Crippen LogP contribution in [0.3, 0.4) is 0 Å². The lowest BCUT2D eigenvalue weighted by molar-refractivity contribution is -0.137. The van der Waals surface area contributed by atoms with Gasteiger partial charge in [0.05, 0.1) is 12.1 Å². The van der Waals surface area contributed by atoms with Gasteiger partial charge in [0, 0.05) is 12.5 Å². The first-order chi connectivity index (χ1) is 9.90. The topological polar surface area (TPSA) is 25.2 Å². The summed E-state index contributed by atoms with van der Waals surface area (Å²) in [7, 11) is 0. The Labute approximate surface area is 122 Å². The number of hydrogen-bond donors (Lipinski definition) is 1. The molecule has 0 aliphatic carbocycles. The summed E-state index contributed by atoms with van der Waals surface area (Å²) in [5.74, 6) is 1.68. The molecule has 0 aliphatic rings. The summed E-state index contributed by atoms with van der Waals surface area (Å²) in [6.45, 7) is 4.32. The number of aryl methyl sites for hydroxylation is 1. The van der Waals surface area contributed by atoms with E-state index in [4.69, 9.17) is 4.42 Å². The first kappa shape index (κ1) is 15.6. The lowest BCUT2D eigenvalue weighted by Gasteiger charge is -2.15. The van der Waals surface area contributed by atoms with Crippen LogP contribution in [0.1, 0.15) is 42.5 Å². The number of benzene rings is 1. The fraction of sp³-hybridized carbons (Fsp3) is 0.375. The molecule has 1 heterocycles. The van der Waals surface area contributed by atoms with Gasteiger partial charge in [-0.1, -0.05) is 19.1 Å². The fourth-order valence-corrected chi connectivity index (χ4v) is 2.06. The molecular formula is C16H18F3NO. The Morgan fingerprint density at radius 1 is 1.14 bits per heavy atom. The molecule has 5 heteroatoms. The zero-order valence-electron chi connectivity index (χ0n) is 12.0. The quantitative estimate of drug-likeness (QED) is 0.864. The normalized spacial score (nSPS) is 13.4. The van der Waals surface area contributed by atoms with Gasteiger partial charge in [-0.3, -0.25) is 0 Å². The molecule has 0 saturated heterocycles. The second-order valence-electron chi connectivity index (χ2n) is 4.95. The molecule has 1 N–H and O–H groups in total. The Kier molecular flexibility index (Phi) is 4.73. The van der Waals surface area contributed by atoms with Gasteiger partial charge in [-0.15, -0.1) is 0 Å². The monoisotopic (exact) mass is 297 g/mol. The van der Waals surface area contributed by atoms with Crippen molar-refractivity contribution in [3.05, 3.63) is 59.0 Å². The minimum absolute atomic E-state index is 0.192. The Balaban J connectivity index is 2.01. The van der Waals surface area contributed by atoms with E-state index in [0.717, 1.165) is 24.0 Å². The van der Waals surface area contributed by atoms with Crippen LogP contribution >= 0.6 is 0 Å². The molecule has 0 saturated carbocycles. The molecule has 0 fully saturated rings. The van der Waals surface area contributed by atoms with Crippen LogP contribution in [0.5, 0.6) is 0 Å². The minimum Gasteiger partial charge on any atom is -0.465 e. The predicted molar refractivity (Wildman–Crippen MR) is 74.8 cm³/mol. The number of halogens is 3. The maximum absolute atomic E-state index is 12.7. The average molecular weight is 297 g/mol. The van der Waals surface area contributed by atoms with Crippen molar-refractivity contribution >= 4 is 0 Å². The Morgan fingerprint density at radius 3 is 2.48 bits per heavy atom. The fourth-order valence-electron chi connectivity index (χ4n) is 2.06. The highest BCUT2D eigenvalue weighted by atomic mass is 19.4. The van der Waals surface area contributed by atoms with Crippen LogP contribution in [0.25, 0.3) is 0 Å². The van der Waals surface area contributed by atoms with E-state index >= 15 is 0 Å². The van der Waals surface area contributed by atoms with Gasteiger partial charge in [0.1, 0.15) is 11.5 Å². The molecule has 0 aliphatic heterocycles. The van der Waals surface area contributed by atoms with Crippen molar-refractivity contribution in [1.29, 1.82) is 0 Å². The van der Waals surface area contributed by atoms with E-state index in [-0.39, 0.29) is 6.04 Å². The predicted octanol–water partition coefficient (Wildman–Crippen LogP) is 4.71. The van der Waals surface area contributed by atoms with E-state index in [1.165, 1.54) is 12.1 Å². The van der Waals surface area contributed by atoms with E-state index in [1.807, 2.05) is 26.0 Å². The standard InChI is InChI=1S/C16H18F3NO/c1-3-14-7-8-15(21-14)10-20-11(2)12-5-4-6-13(9-12)16(17,18)19/h4-9,11,20H,3,10H2,1-2H3. The second-order valence-corrected chi connectivity index (χ2v) is 4.95. The summed E-state index contributed by atoms with van der Waals surface area (Å²) in [4.78, 5) is 0. The molecule has 0 amide bonds. The number of rotatable bonds is 5. The number of alkyl halides is 3. The number of nitrogens with one attached hydrogen (secondary N) is 1. The molecule has 21 heavy (non-hydrogen) atoms. The van der Waals surface area contributed by atoms with E-state index in [2.05, 4.69) is 5.32 Å². The van der Waals surface area contributed by atoms with Crippen molar-refractivity contribution < 1.29 is 17.6 Å². The molecular weight excluding hydrogens is 279 g/mol. The van der Waals surface area contributed by atoms with Crippen molar-refractivity contribution in [2.45, 2.75) is 39.0 Å². The molecule has 1 unspecified atom stereocenters. The summed E-state index contributed by atoms with van der Waals surface area (Å²) in [6, 6.07) is 8.97. The molecule has 1 atom stereocenters. The maximum atomic E-state index is 12.7. The zero-order valence-corrected chi connectivity index (χ0v) is 12.0.